The summed E-state index contributed by atoms with van der Waals surface area (Å²) in [6.07, 6.45) is 1.38. The Balaban J connectivity index is 2.38. The van der Waals surface area contributed by atoms with E-state index in [2.05, 4.69) is 10.3 Å². The summed E-state index contributed by atoms with van der Waals surface area (Å²) in [5, 5.41) is 7.50. The molecule has 0 aliphatic heterocycles. The standard InChI is InChI=1S/C12H11ClFN3O2/c1-3-19-12(18)9-6-17(16-15-9)10-5-4-8(13)11(14)7(10)2/h4-6H,3H2,1-2H3. The zero-order valence-electron chi connectivity index (χ0n) is 10.4. The molecule has 0 bridgehead atoms. The second-order valence-corrected chi connectivity index (χ2v) is 4.18. The first-order chi connectivity index (χ1) is 9.04. The Hall–Kier alpha value is -1.95. The van der Waals surface area contributed by atoms with Crippen LogP contribution in [0.1, 0.15) is 23.0 Å². The fourth-order valence-electron chi connectivity index (χ4n) is 1.57. The van der Waals surface area contributed by atoms with Gasteiger partial charge in [0.1, 0.15) is 5.82 Å². The largest absolute Gasteiger partial charge is 0.461 e. The smallest absolute Gasteiger partial charge is 0.360 e. The number of carbonyl (C=O) groups excluding carboxylic acids is 1. The summed E-state index contributed by atoms with van der Waals surface area (Å²) in [7, 11) is 0. The second-order valence-electron chi connectivity index (χ2n) is 3.77. The topological polar surface area (TPSA) is 57.0 Å². The molecule has 2 rings (SSSR count). The number of benzene rings is 1. The minimum absolute atomic E-state index is 0.0342. The molecule has 0 saturated carbocycles. The van der Waals surface area contributed by atoms with Gasteiger partial charge in [0.05, 0.1) is 23.5 Å². The highest BCUT2D eigenvalue weighted by Crippen LogP contribution is 2.23. The van der Waals surface area contributed by atoms with Crippen LogP contribution in [0.3, 0.4) is 0 Å². The van der Waals surface area contributed by atoms with Gasteiger partial charge in [-0.2, -0.15) is 0 Å². The number of hydrogen-bond donors (Lipinski definition) is 0. The summed E-state index contributed by atoms with van der Waals surface area (Å²) in [4.78, 5) is 11.5. The molecule has 0 spiro atoms. The number of halogens is 2. The molecule has 0 atom stereocenters. The molecule has 0 radical (unpaired) electrons. The van der Waals surface area contributed by atoms with Gasteiger partial charge in [-0.05, 0) is 26.0 Å². The molecule has 0 amide bonds. The lowest BCUT2D eigenvalue weighted by atomic mass is 10.2. The zero-order chi connectivity index (χ0) is 14.0. The van der Waals surface area contributed by atoms with Crippen molar-refractivity contribution in [3.8, 4) is 5.69 Å². The summed E-state index contributed by atoms with van der Waals surface area (Å²) in [5.74, 6) is -1.09. The molecule has 1 aromatic heterocycles. The predicted molar refractivity (Wildman–Crippen MR) is 67.0 cm³/mol. The zero-order valence-corrected chi connectivity index (χ0v) is 11.1. The van der Waals surface area contributed by atoms with Crippen molar-refractivity contribution in [3.05, 3.63) is 40.4 Å². The lowest BCUT2D eigenvalue weighted by Crippen LogP contribution is -2.04. The Morgan fingerprint density at radius 2 is 2.26 bits per heavy atom. The fourth-order valence-corrected chi connectivity index (χ4v) is 1.77. The molecule has 0 unspecified atom stereocenters. The Kier molecular flexibility index (Phi) is 3.80. The average Bonchev–Trinajstić information content (AvgIpc) is 2.86. The monoisotopic (exact) mass is 283 g/mol. The van der Waals surface area contributed by atoms with Gasteiger partial charge in [-0.25, -0.2) is 13.9 Å². The van der Waals surface area contributed by atoms with Crippen molar-refractivity contribution < 1.29 is 13.9 Å². The van der Waals surface area contributed by atoms with Gasteiger partial charge in [-0.3, -0.25) is 0 Å². The third kappa shape index (κ3) is 2.58. The molecule has 2 aromatic rings. The van der Waals surface area contributed by atoms with Gasteiger partial charge in [-0.1, -0.05) is 16.8 Å². The van der Waals surface area contributed by atoms with Crippen LogP contribution in [0.25, 0.3) is 5.69 Å². The maximum Gasteiger partial charge on any atom is 0.360 e. The van der Waals surface area contributed by atoms with E-state index in [1.165, 1.54) is 16.9 Å². The Morgan fingerprint density at radius 3 is 2.95 bits per heavy atom. The van der Waals surface area contributed by atoms with Crippen molar-refractivity contribution >= 4 is 17.6 Å². The molecule has 1 aromatic carbocycles. The van der Waals surface area contributed by atoms with Crippen molar-refractivity contribution in [1.29, 1.82) is 0 Å². The van der Waals surface area contributed by atoms with Crippen LogP contribution in [0.2, 0.25) is 5.02 Å². The minimum atomic E-state index is -0.569. The van der Waals surface area contributed by atoms with E-state index in [4.69, 9.17) is 16.3 Å². The molecule has 0 aliphatic rings. The van der Waals surface area contributed by atoms with Crippen LogP contribution in [0.15, 0.2) is 18.3 Å². The normalized spacial score (nSPS) is 10.5. The lowest BCUT2D eigenvalue weighted by Gasteiger charge is -2.06. The number of nitrogens with zero attached hydrogens (tertiary/aromatic N) is 3. The number of hydrogen-bond acceptors (Lipinski definition) is 4. The van der Waals surface area contributed by atoms with Gasteiger partial charge in [0, 0.05) is 5.56 Å². The maximum absolute atomic E-state index is 13.7. The number of esters is 1. The van der Waals surface area contributed by atoms with Crippen LogP contribution in [-0.4, -0.2) is 27.6 Å². The van der Waals surface area contributed by atoms with E-state index in [-0.39, 0.29) is 17.3 Å². The molecule has 1 heterocycles. The van der Waals surface area contributed by atoms with Crippen LogP contribution in [0.5, 0.6) is 0 Å². The van der Waals surface area contributed by atoms with Gasteiger partial charge in [0.2, 0.25) is 0 Å². The van der Waals surface area contributed by atoms with Crippen molar-refractivity contribution in [2.24, 2.45) is 0 Å². The van der Waals surface area contributed by atoms with E-state index >= 15 is 0 Å². The summed E-state index contributed by atoms with van der Waals surface area (Å²) in [6.45, 7) is 3.52. The van der Waals surface area contributed by atoms with E-state index in [1.807, 2.05) is 0 Å². The van der Waals surface area contributed by atoms with E-state index < -0.39 is 11.8 Å². The molecule has 19 heavy (non-hydrogen) atoms. The van der Waals surface area contributed by atoms with Crippen LogP contribution in [-0.2, 0) is 4.74 Å². The quantitative estimate of drug-likeness (QED) is 0.812. The first kappa shape index (κ1) is 13.5. The molecular formula is C12H11ClFN3O2. The Labute approximate surface area is 113 Å². The van der Waals surface area contributed by atoms with E-state index in [0.29, 0.717) is 11.3 Å². The summed E-state index contributed by atoms with van der Waals surface area (Å²) >= 11 is 5.68. The Morgan fingerprint density at radius 1 is 1.53 bits per heavy atom. The molecule has 100 valence electrons. The highest BCUT2D eigenvalue weighted by atomic mass is 35.5. The van der Waals surface area contributed by atoms with Crippen molar-refractivity contribution in [2.45, 2.75) is 13.8 Å². The van der Waals surface area contributed by atoms with Crippen LogP contribution in [0.4, 0.5) is 4.39 Å². The van der Waals surface area contributed by atoms with Gasteiger partial charge in [0.25, 0.3) is 0 Å². The van der Waals surface area contributed by atoms with Crippen LogP contribution < -0.4 is 0 Å². The SMILES string of the molecule is CCOC(=O)c1cn(-c2ccc(Cl)c(F)c2C)nn1. The third-order valence-corrected chi connectivity index (χ3v) is 2.83. The molecule has 0 N–H and O–H groups in total. The molecule has 5 nitrogen and oxygen atoms in total. The highest BCUT2D eigenvalue weighted by Gasteiger charge is 2.15. The first-order valence-corrected chi connectivity index (χ1v) is 5.96. The van der Waals surface area contributed by atoms with Crippen LogP contribution >= 0.6 is 11.6 Å². The number of rotatable bonds is 3. The molecule has 0 saturated heterocycles. The van der Waals surface area contributed by atoms with E-state index in [1.54, 1.807) is 19.9 Å². The van der Waals surface area contributed by atoms with Gasteiger partial charge >= 0.3 is 5.97 Å². The summed E-state index contributed by atoms with van der Waals surface area (Å²) < 4.78 is 19.8. The van der Waals surface area contributed by atoms with E-state index in [0.717, 1.165) is 0 Å². The first-order valence-electron chi connectivity index (χ1n) is 5.59. The Bertz CT molecular complexity index is 627. The molecule has 7 heteroatoms. The molecule has 0 aliphatic carbocycles. The van der Waals surface area contributed by atoms with E-state index in [9.17, 15) is 9.18 Å². The van der Waals surface area contributed by atoms with Gasteiger partial charge < -0.3 is 4.74 Å². The number of aromatic nitrogens is 3. The summed E-state index contributed by atoms with van der Waals surface area (Å²) in [6, 6.07) is 3.02. The van der Waals surface area contributed by atoms with Crippen molar-refractivity contribution in [3.63, 3.8) is 0 Å². The minimum Gasteiger partial charge on any atom is -0.461 e. The van der Waals surface area contributed by atoms with Gasteiger partial charge in [0.15, 0.2) is 5.69 Å². The molecule has 0 fully saturated rings. The second kappa shape index (κ2) is 5.36. The number of ether oxygens (including phenoxy) is 1. The predicted octanol–water partition coefficient (Wildman–Crippen LogP) is 2.54. The van der Waals surface area contributed by atoms with Crippen molar-refractivity contribution in [1.82, 2.24) is 15.0 Å². The maximum atomic E-state index is 13.7. The third-order valence-electron chi connectivity index (χ3n) is 2.54. The van der Waals surface area contributed by atoms with Gasteiger partial charge in [-0.15, -0.1) is 5.10 Å². The van der Waals surface area contributed by atoms with Crippen molar-refractivity contribution in [2.75, 3.05) is 6.61 Å². The summed E-state index contributed by atoms with van der Waals surface area (Å²) in [5.41, 5.74) is 0.856. The average molecular weight is 284 g/mol. The van der Waals surface area contributed by atoms with Crippen LogP contribution in [0, 0.1) is 12.7 Å². The highest BCUT2D eigenvalue weighted by molar-refractivity contribution is 6.30. The number of carbonyl (C=O) groups is 1. The lowest BCUT2D eigenvalue weighted by molar-refractivity contribution is 0.0519. The molecular weight excluding hydrogens is 273 g/mol. The fraction of sp³-hybridized carbons (Fsp3) is 0.250.